The second kappa shape index (κ2) is 7.96. The van der Waals surface area contributed by atoms with Crippen LogP contribution < -0.4 is 5.32 Å². The third-order valence-electron chi connectivity index (χ3n) is 3.98. The molecule has 1 N–H and O–H groups in total. The van der Waals surface area contributed by atoms with E-state index in [1.54, 1.807) is 7.11 Å². The van der Waals surface area contributed by atoms with Gasteiger partial charge in [0.2, 0.25) is 0 Å². The molecule has 1 saturated carbocycles. The SMILES string of the molecule is CNC(CN(CCOC)CC(C)C)(C(=O)OC)C1CC1. The van der Waals surface area contributed by atoms with Crippen LogP contribution in [0.25, 0.3) is 0 Å². The van der Waals surface area contributed by atoms with E-state index in [1.807, 2.05) is 7.05 Å². The first-order valence-electron chi connectivity index (χ1n) is 7.48. The van der Waals surface area contributed by atoms with Crippen LogP contribution in [0.5, 0.6) is 0 Å². The van der Waals surface area contributed by atoms with Gasteiger partial charge in [-0.3, -0.25) is 4.90 Å². The molecule has 0 saturated heterocycles. The first-order valence-corrected chi connectivity index (χ1v) is 7.48. The molecule has 1 unspecified atom stereocenters. The Morgan fingerprint density at radius 1 is 1.40 bits per heavy atom. The summed E-state index contributed by atoms with van der Waals surface area (Å²) in [7, 11) is 5.04. The van der Waals surface area contributed by atoms with Crippen molar-refractivity contribution in [3.63, 3.8) is 0 Å². The predicted molar refractivity (Wildman–Crippen MR) is 79.7 cm³/mol. The molecule has 1 rings (SSSR count). The lowest BCUT2D eigenvalue weighted by molar-refractivity contribution is -0.150. The fraction of sp³-hybridized carbons (Fsp3) is 0.933. The summed E-state index contributed by atoms with van der Waals surface area (Å²) >= 11 is 0. The second-order valence-electron chi connectivity index (χ2n) is 6.11. The van der Waals surface area contributed by atoms with E-state index in [9.17, 15) is 4.79 Å². The minimum Gasteiger partial charge on any atom is -0.468 e. The van der Waals surface area contributed by atoms with Crippen molar-refractivity contribution in [2.45, 2.75) is 32.2 Å². The Morgan fingerprint density at radius 3 is 2.45 bits per heavy atom. The Kier molecular flexibility index (Phi) is 6.92. The summed E-state index contributed by atoms with van der Waals surface area (Å²) in [6.45, 7) is 7.53. The van der Waals surface area contributed by atoms with Crippen LogP contribution in [0.15, 0.2) is 0 Å². The molecule has 0 aromatic heterocycles. The molecule has 118 valence electrons. The van der Waals surface area contributed by atoms with Gasteiger partial charge >= 0.3 is 5.97 Å². The highest BCUT2D eigenvalue weighted by Gasteiger charge is 2.51. The standard InChI is InChI=1S/C15H30N2O3/c1-12(2)10-17(8-9-19-4)11-15(16-3,13-6-7-13)14(18)20-5/h12-13,16H,6-11H2,1-5H3. The summed E-state index contributed by atoms with van der Waals surface area (Å²) in [5.41, 5.74) is -0.572. The van der Waals surface area contributed by atoms with E-state index in [-0.39, 0.29) is 5.97 Å². The summed E-state index contributed by atoms with van der Waals surface area (Å²) in [6, 6.07) is 0. The maximum Gasteiger partial charge on any atom is 0.327 e. The Morgan fingerprint density at radius 2 is 2.05 bits per heavy atom. The highest BCUT2D eigenvalue weighted by atomic mass is 16.5. The zero-order chi connectivity index (χ0) is 15.2. The molecule has 20 heavy (non-hydrogen) atoms. The fourth-order valence-corrected chi connectivity index (χ4v) is 2.83. The number of methoxy groups -OCH3 is 2. The van der Waals surface area contributed by atoms with Gasteiger partial charge in [0.25, 0.3) is 0 Å². The average Bonchev–Trinajstić information content (AvgIpc) is 3.25. The van der Waals surface area contributed by atoms with Crippen LogP contribution in [0.3, 0.4) is 0 Å². The van der Waals surface area contributed by atoms with Crippen LogP contribution in [0.4, 0.5) is 0 Å². The monoisotopic (exact) mass is 286 g/mol. The molecule has 0 aliphatic heterocycles. The third-order valence-corrected chi connectivity index (χ3v) is 3.98. The van der Waals surface area contributed by atoms with E-state index in [1.165, 1.54) is 7.11 Å². The largest absolute Gasteiger partial charge is 0.468 e. The van der Waals surface area contributed by atoms with Gasteiger partial charge in [-0.1, -0.05) is 13.8 Å². The van der Waals surface area contributed by atoms with E-state index >= 15 is 0 Å². The van der Waals surface area contributed by atoms with Crippen molar-refractivity contribution in [1.29, 1.82) is 0 Å². The van der Waals surface area contributed by atoms with E-state index in [0.717, 1.165) is 25.9 Å². The van der Waals surface area contributed by atoms with Crippen molar-refractivity contribution in [3.05, 3.63) is 0 Å². The molecule has 1 aliphatic rings. The van der Waals surface area contributed by atoms with Gasteiger partial charge < -0.3 is 14.8 Å². The zero-order valence-electron chi connectivity index (χ0n) is 13.6. The van der Waals surface area contributed by atoms with Gasteiger partial charge in [0, 0.05) is 26.7 Å². The van der Waals surface area contributed by atoms with Gasteiger partial charge in [0.15, 0.2) is 0 Å². The van der Waals surface area contributed by atoms with Crippen LogP contribution >= 0.6 is 0 Å². The summed E-state index contributed by atoms with van der Waals surface area (Å²) in [6.07, 6.45) is 2.19. The average molecular weight is 286 g/mol. The molecule has 0 heterocycles. The van der Waals surface area contributed by atoms with E-state index < -0.39 is 5.54 Å². The van der Waals surface area contributed by atoms with E-state index in [4.69, 9.17) is 9.47 Å². The van der Waals surface area contributed by atoms with Gasteiger partial charge in [-0.15, -0.1) is 0 Å². The molecule has 0 radical (unpaired) electrons. The number of esters is 1. The lowest BCUT2D eigenvalue weighted by Gasteiger charge is -2.37. The number of carbonyl (C=O) groups excluding carboxylic acids is 1. The van der Waals surface area contributed by atoms with Crippen molar-refractivity contribution < 1.29 is 14.3 Å². The first kappa shape index (κ1) is 17.4. The number of likely N-dealkylation sites (N-methyl/N-ethyl adjacent to an activating group) is 1. The van der Waals surface area contributed by atoms with Gasteiger partial charge in [0.05, 0.1) is 13.7 Å². The summed E-state index contributed by atoms with van der Waals surface area (Å²) in [5.74, 6) is 0.795. The molecule has 0 aromatic carbocycles. The number of nitrogens with zero attached hydrogens (tertiary/aromatic N) is 1. The normalized spacial score (nSPS) is 18.4. The maximum absolute atomic E-state index is 12.3. The number of ether oxygens (including phenoxy) is 2. The minimum absolute atomic E-state index is 0.145. The lowest BCUT2D eigenvalue weighted by Crippen LogP contribution is -2.60. The third kappa shape index (κ3) is 4.43. The number of hydrogen-bond donors (Lipinski definition) is 1. The van der Waals surface area contributed by atoms with Gasteiger partial charge in [-0.05, 0) is 31.7 Å². The molecule has 0 spiro atoms. The van der Waals surface area contributed by atoms with Gasteiger partial charge in [-0.2, -0.15) is 0 Å². The molecular formula is C15H30N2O3. The Labute approximate surface area is 123 Å². The zero-order valence-corrected chi connectivity index (χ0v) is 13.6. The maximum atomic E-state index is 12.3. The Bertz CT molecular complexity index is 305. The summed E-state index contributed by atoms with van der Waals surface area (Å²) < 4.78 is 10.2. The predicted octanol–water partition coefficient (Wildman–Crippen LogP) is 1.13. The van der Waals surface area contributed by atoms with Gasteiger partial charge in [0.1, 0.15) is 5.54 Å². The second-order valence-corrected chi connectivity index (χ2v) is 6.11. The molecule has 1 aliphatic carbocycles. The highest BCUT2D eigenvalue weighted by Crippen LogP contribution is 2.40. The quantitative estimate of drug-likeness (QED) is 0.610. The van der Waals surface area contributed by atoms with Crippen molar-refractivity contribution in [1.82, 2.24) is 10.2 Å². The van der Waals surface area contributed by atoms with E-state index in [2.05, 4.69) is 24.1 Å². The molecule has 1 atom stereocenters. The van der Waals surface area contributed by atoms with Crippen LogP contribution in [0.2, 0.25) is 0 Å². The summed E-state index contributed by atoms with van der Waals surface area (Å²) in [5, 5.41) is 3.25. The molecule has 5 heteroatoms. The van der Waals surface area contributed by atoms with Crippen molar-refractivity contribution in [3.8, 4) is 0 Å². The van der Waals surface area contributed by atoms with Crippen molar-refractivity contribution >= 4 is 5.97 Å². The van der Waals surface area contributed by atoms with Crippen LogP contribution in [0, 0.1) is 11.8 Å². The molecule has 0 bridgehead atoms. The number of rotatable bonds is 10. The van der Waals surface area contributed by atoms with E-state index in [0.29, 0.717) is 25.0 Å². The van der Waals surface area contributed by atoms with Crippen molar-refractivity contribution in [2.24, 2.45) is 11.8 Å². The van der Waals surface area contributed by atoms with Gasteiger partial charge in [-0.25, -0.2) is 4.79 Å². The molecular weight excluding hydrogens is 256 g/mol. The molecule has 5 nitrogen and oxygen atoms in total. The lowest BCUT2D eigenvalue weighted by atomic mass is 9.92. The van der Waals surface area contributed by atoms with Crippen molar-refractivity contribution in [2.75, 3.05) is 47.5 Å². The highest BCUT2D eigenvalue weighted by molar-refractivity contribution is 5.82. The van der Waals surface area contributed by atoms with Crippen LogP contribution in [-0.2, 0) is 14.3 Å². The smallest absolute Gasteiger partial charge is 0.327 e. The number of hydrogen-bond acceptors (Lipinski definition) is 5. The molecule has 1 fully saturated rings. The minimum atomic E-state index is -0.572. The van der Waals surface area contributed by atoms with Crippen LogP contribution in [0.1, 0.15) is 26.7 Å². The fourth-order valence-electron chi connectivity index (χ4n) is 2.83. The van der Waals surface area contributed by atoms with Crippen LogP contribution in [-0.4, -0.2) is 63.9 Å². The molecule has 0 amide bonds. The Hall–Kier alpha value is -0.650. The first-order chi connectivity index (χ1) is 9.50. The number of carbonyl (C=O) groups is 1. The molecule has 0 aromatic rings. The number of nitrogens with one attached hydrogen (secondary N) is 1. The topological polar surface area (TPSA) is 50.8 Å². The summed E-state index contributed by atoms with van der Waals surface area (Å²) in [4.78, 5) is 14.6. The Balaban J connectivity index is 2.80.